The van der Waals surface area contributed by atoms with Crippen LogP contribution in [0, 0.1) is 12.3 Å². The van der Waals surface area contributed by atoms with Crippen LogP contribution in [0.5, 0.6) is 0 Å². The van der Waals surface area contributed by atoms with Crippen LogP contribution < -0.4 is 0 Å². The van der Waals surface area contributed by atoms with Crippen molar-refractivity contribution in [3.8, 4) is 12.3 Å². The van der Waals surface area contributed by atoms with E-state index < -0.39 is 6.10 Å². The van der Waals surface area contributed by atoms with Gasteiger partial charge < -0.3 is 5.11 Å². The lowest BCUT2D eigenvalue weighted by Crippen LogP contribution is -2.13. The van der Waals surface area contributed by atoms with Crippen molar-refractivity contribution < 1.29 is 5.11 Å². The number of hydrogen-bond acceptors (Lipinski definition) is 2. The maximum Gasteiger partial charge on any atom is 0.125 e. The number of rotatable bonds is 2. The van der Waals surface area contributed by atoms with Crippen LogP contribution in [0.2, 0.25) is 0 Å². The minimum Gasteiger partial charge on any atom is -0.386 e. The molecule has 0 aromatic heterocycles. The number of aliphatic hydroxyl groups excluding tert-OH is 1. The molecular weight excluding hydrogens is 162 g/mol. The number of nitrogens with zero attached hydrogens (tertiary/aromatic N) is 1. The van der Waals surface area contributed by atoms with Gasteiger partial charge in [0.25, 0.3) is 0 Å². The Bertz CT molecular complexity index is 223. The monoisotopic (exact) mass is 171 g/mol. The average molecular weight is 172 g/mol. The fraction of sp³-hybridized carbons (Fsp3) is 0.375. The van der Waals surface area contributed by atoms with Gasteiger partial charge in [0.15, 0.2) is 0 Å². The maximum absolute atomic E-state index is 9.00. The first-order valence-corrected chi connectivity index (χ1v) is 3.54. The molecule has 0 bridgehead atoms. The van der Waals surface area contributed by atoms with E-state index in [0.29, 0.717) is 5.16 Å². The van der Waals surface area contributed by atoms with Crippen molar-refractivity contribution in [1.82, 2.24) is 0 Å². The Morgan fingerprint density at radius 3 is 2.64 bits per heavy atom. The van der Waals surface area contributed by atoms with Crippen molar-refractivity contribution in [2.75, 3.05) is 0 Å². The normalized spacial score (nSPS) is 15.9. The van der Waals surface area contributed by atoms with Gasteiger partial charge in [-0.3, -0.25) is 0 Å². The van der Waals surface area contributed by atoms with Crippen molar-refractivity contribution in [2.45, 2.75) is 20.0 Å². The van der Waals surface area contributed by atoms with E-state index in [1.807, 2.05) is 0 Å². The molecular formula is C8H10ClNO. The first-order chi connectivity index (χ1) is 5.11. The van der Waals surface area contributed by atoms with Crippen LogP contribution in [0.1, 0.15) is 13.8 Å². The number of allylic oxidation sites excluding steroid dienone is 1. The maximum atomic E-state index is 9.00. The molecule has 1 atom stereocenters. The first-order valence-electron chi connectivity index (χ1n) is 3.17. The van der Waals surface area contributed by atoms with Gasteiger partial charge in [-0.1, -0.05) is 23.6 Å². The molecule has 0 saturated carbocycles. The lowest BCUT2D eigenvalue weighted by molar-refractivity contribution is 0.263. The van der Waals surface area contributed by atoms with Gasteiger partial charge in [0.05, 0.1) is 0 Å². The summed E-state index contributed by atoms with van der Waals surface area (Å²) in [5, 5.41) is 9.29. The summed E-state index contributed by atoms with van der Waals surface area (Å²) in [7, 11) is 0. The van der Waals surface area contributed by atoms with Crippen LogP contribution in [-0.2, 0) is 0 Å². The van der Waals surface area contributed by atoms with Crippen LogP contribution in [0.15, 0.2) is 16.2 Å². The quantitative estimate of drug-likeness (QED) is 0.382. The Labute approximate surface area is 71.6 Å². The van der Waals surface area contributed by atoms with E-state index >= 15 is 0 Å². The molecule has 0 fully saturated rings. The summed E-state index contributed by atoms with van der Waals surface area (Å²) >= 11 is 5.55. The largest absolute Gasteiger partial charge is 0.386 e. The van der Waals surface area contributed by atoms with E-state index in [0.717, 1.165) is 0 Å². The summed E-state index contributed by atoms with van der Waals surface area (Å²) in [5.41, 5.74) is 0.244. The Hall–Kier alpha value is -0.780. The van der Waals surface area contributed by atoms with E-state index in [1.165, 1.54) is 0 Å². The predicted octanol–water partition coefficient (Wildman–Crippen LogP) is 1.54. The highest BCUT2D eigenvalue weighted by Crippen LogP contribution is 2.03. The van der Waals surface area contributed by atoms with E-state index in [1.54, 1.807) is 19.9 Å². The zero-order chi connectivity index (χ0) is 8.85. The molecule has 0 rings (SSSR count). The highest BCUT2D eigenvalue weighted by Gasteiger charge is 2.02. The van der Waals surface area contributed by atoms with Crippen LogP contribution in [0.25, 0.3) is 0 Å². The van der Waals surface area contributed by atoms with E-state index in [-0.39, 0.29) is 5.71 Å². The van der Waals surface area contributed by atoms with Gasteiger partial charge in [0, 0.05) is 0 Å². The minimum absolute atomic E-state index is 0.244. The Morgan fingerprint density at radius 1 is 1.82 bits per heavy atom. The molecule has 0 heterocycles. The fourth-order valence-corrected chi connectivity index (χ4v) is 0.517. The molecule has 0 saturated heterocycles. The zero-order valence-electron chi connectivity index (χ0n) is 6.50. The fourth-order valence-electron chi connectivity index (χ4n) is 0.426. The molecule has 11 heavy (non-hydrogen) atoms. The number of hydrogen-bond donors (Lipinski definition) is 1. The Balaban J connectivity index is 4.53. The lowest BCUT2D eigenvalue weighted by Gasteiger charge is -1.99. The molecule has 0 aliphatic rings. The molecule has 2 nitrogen and oxygen atoms in total. The molecule has 0 aromatic carbocycles. The SMILES string of the molecule is C#C/C(=N\C(Cl)=C/C)C(C)O. The van der Waals surface area contributed by atoms with Crippen molar-refractivity contribution in [3.05, 3.63) is 11.2 Å². The summed E-state index contributed by atoms with van der Waals surface area (Å²) in [6, 6.07) is 0. The van der Waals surface area contributed by atoms with Crippen molar-refractivity contribution in [1.29, 1.82) is 0 Å². The Morgan fingerprint density at radius 2 is 2.36 bits per heavy atom. The van der Waals surface area contributed by atoms with Gasteiger partial charge in [-0.2, -0.15) is 0 Å². The molecule has 0 aromatic rings. The van der Waals surface area contributed by atoms with Crippen LogP contribution in [-0.4, -0.2) is 16.9 Å². The third-order valence-corrected chi connectivity index (χ3v) is 1.31. The van der Waals surface area contributed by atoms with Gasteiger partial charge in [-0.05, 0) is 13.8 Å². The van der Waals surface area contributed by atoms with Gasteiger partial charge in [-0.15, -0.1) is 6.42 Å². The molecule has 0 radical (unpaired) electrons. The van der Waals surface area contributed by atoms with E-state index in [2.05, 4.69) is 10.9 Å². The molecule has 0 amide bonds. The molecule has 0 aliphatic carbocycles. The highest BCUT2D eigenvalue weighted by atomic mass is 35.5. The predicted molar refractivity (Wildman–Crippen MR) is 47.6 cm³/mol. The van der Waals surface area contributed by atoms with Gasteiger partial charge in [-0.25, -0.2) is 4.99 Å². The van der Waals surface area contributed by atoms with Gasteiger partial charge >= 0.3 is 0 Å². The zero-order valence-corrected chi connectivity index (χ0v) is 7.26. The smallest absolute Gasteiger partial charge is 0.125 e. The first kappa shape index (κ1) is 10.2. The summed E-state index contributed by atoms with van der Waals surface area (Å²) in [6.07, 6.45) is 5.91. The van der Waals surface area contributed by atoms with Crippen molar-refractivity contribution >= 4 is 17.3 Å². The molecule has 0 aliphatic heterocycles. The Kier molecular flexibility index (Phi) is 4.60. The molecule has 1 N–H and O–H groups in total. The lowest BCUT2D eigenvalue weighted by atomic mass is 10.2. The minimum atomic E-state index is -0.742. The van der Waals surface area contributed by atoms with Crippen molar-refractivity contribution in [3.63, 3.8) is 0 Å². The van der Waals surface area contributed by atoms with E-state index in [4.69, 9.17) is 23.1 Å². The molecule has 1 unspecified atom stereocenters. The summed E-state index contributed by atoms with van der Waals surface area (Å²) in [5.74, 6) is 2.24. The third-order valence-electron chi connectivity index (χ3n) is 1.01. The number of terminal acetylenes is 1. The second-order valence-corrected chi connectivity index (χ2v) is 2.32. The number of aliphatic hydroxyl groups is 1. The number of halogens is 1. The van der Waals surface area contributed by atoms with Crippen LogP contribution in [0.4, 0.5) is 0 Å². The molecule has 0 spiro atoms. The molecule has 60 valence electrons. The van der Waals surface area contributed by atoms with Crippen LogP contribution in [0.3, 0.4) is 0 Å². The van der Waals surface area contributed by atoms with Crippen LogP contribution >= 0.6 is 11.6 Å². The van der Waals surface area contributed by atoms with E-state index in [9.17, 15) is 0 Å². The van der Waals surface area contributed by atoms with Gasteiger partial charge in [0.2, 0.25) is 0 Å². The third kappa shape index (κ3) is 3.82. The highest BCUT2D eigenvalue weighted by molar-refractivity contribution is 6.30. The number of aliphatic imine (C=N–C) groups is 1. The van der Waals surface area contributed by atoms with Crippen molar-refractivity contribution in [2.24, 2.45) is 4.99 Å². The second-order valence-electron chi connectivity index (χ2n) is 1.93. The average Bonchev–Trinajstić information content (AvgIpc) is 1.99. The summed E-state index contributed by atoms with van der Waals surface area (Å²) in [6.45, 7) is 3.28. The second kappa shape index (κ2) is 4.95. The summed E-state index contributed by atoms with van der Waals surface area (Å²) < 4.78 is 0. The summed E-state index contributed by atoms with van der Waals surface area (Å²) in [4.78, 5) is 3.77. The molecule has 3 heteroatoms. The standard InChI is InChI=1S/C8H10ClNO/c1-4-7(6(3)11)10-8(9)5-2/h1,5-6,11H,2-3H3/b8-5-,10-7+. The topological polar surface area (TPSA) is 32.6 Å². The van der Waals surface area contributed by atoms with Gasteiger partial charge in [0.1, 0.15) is 17.0 Å².